The standard InChI is InChI=1S/C18H32O/c1-5-9-15-13-17(11-7-3)18(19,12-8-4)14-16(15)10-6-2/h13-14,17,19H,5-12H2,1-4H3. The molecule has 19 heavy (non-hydrogen) atoms. The fraction of sp³-hybridized carbons (Fsp3) is 0.778. The predicted octanol–water partition coefficient (Wildman–Crippen LogP) is 5.40. The zero-order valence-corrected chi connectivity index (χ0v) is 13.3. The van der Waals surface area contributed by atoms with Crippen LogP contribution >= 0.6 is 0 Å². The van der Waals surface area contributed by atoms with Crippen molar-refractivity contribution in [2.45, 2.75) is 84.7 Å². The Hall–Kier alpha value is -0.560. The van der Waals surface area contributed by atoms with Crippen molar-refractivity contribution in [1.29, 1.82) is 0 Å². The van der Waals surface area contributed by atoms with Crippen LogP contribution in [0, 0.1) is 5.92 Å². The van der Waals surface area contributed by atoms with Gasteiger partial charge in [0.1, 0.15) is 0 Å². The van der Waals surface area contributed by atoms with Crippen molar-refractivity contribution in [3.63, 3.8) is 0 Å². The fourth-order valence-corrected chi connectivity index (χ4v) is 3.31. The van der Waals surface area contributed by atoms with Crippen LogP contribution in [0.25, 0.3) is 0 Å². The van der Waals surface area contributed by atoms with E-state index in [9.17, 15) is 5.11 Å². The van der Waals surface area contributed by atoms with Gasteiger partial charge in [0, 0.05) is 5.92 Å². The molecule has 0 spiro atoms. The summed E-state index contributed by atoms with van der Waals surface area (Å²) in [7, 11) is 0. The number of hydrogen-bond acceptors (Lipinski definition) is 1. The molecular weight excluding hydrogens is 232 g/mol. The maximum atomic E-state index is 11.0. The van der Waals surface area contributed by atoms with Crippen LogP contribution in [0.15, 0.2) is 23.3 Å². The van der Waals surface area contributed by atoms with Crippen molar-refractivity contribution in [2.75, 3.05) is 0 Å². The van der Waals surface area contributed by atoms with Gasteiger partial charge in [-0.05, 0) is 42.9 Å². The lowest BCUT2D eigenvalue weighted by Crippen LogP contribution is -2.37. The van der Waals surface area contributed by atoms with Crippen molar-refractivity contribution in [2.24, 2.45) is 5.92 Å². The molecule has 0 saturated heterocycles. The highest BCUT2D eigenvalue weighted by Crippen LogP contribution is 2.39. The molecule has 1 heteroatoms. The molecule has 0 aromatic carbocycles. The summed E-state index contributed by atoms with van der Waals surface area (Å²) < 4.78 is 0. The van der Waals surface area contributed by atoms with Gasteiger partial charge in [-0.3, -0.25) is 0 Å². The van der Waals surface area contributed by atoms with Gasteiger partial charge in [0.25, 0.3) is 0 Å². The van der Waals surface area contributed by atoms with Crippen LogP contribution in [0.1, 0.15) is 79.1 Å². The third kappa shape index (κ3) is 4.21. The first kappa shape index (κ1) is 16.5. The summed E-state index contributed by atoms with van der Waals surface area (Å²) in [5.74, 6) is 0.319. The molecule has 0 heterocycles. The number of rotatable bonds is 8. The van der Waals surface area contributed by atoms with Crippen molar-refractivity contribution in [3.05, 3.63) is 23.3 Å². The molecule has 0 fully saturated rings. The van der Waals surface area contributed by atoms with Crippen molar-refractivity contribution >= 4 is 0 Å². The average molecular weight is 264 g/mol. The SMILES string of the molecule is CCCC1=CC(CCC)C(O)(CCC)C=C1CCC. The predicted molar refractivity (Wildman–Crippen MR) is 84.2 cm³/mol. The molecule has 1 N–H and O–H groups in total. The largest absolute Gasteiger partial charge is 0.385 e. The molecule has 0 saturated carbocycles. The van der Waals surface area contributed by atoms with E-state index in [0.717, 1.165) is 44.9 Å². The quantitative estimate of drug-likeness (QED) is 0.622. The van der Waals surface area contributed by atoms with Crippen molar-refractivity contribution in [3.8, 4) is 0 Å². The van der Waals surface area contributed by atoms with Gasteiger partial charge in [-0.1, -0.05) is 59.5 Å². The Labute approximate surface area is 119 Å². The average Bonchev–Trinajstić information content (AvgIpc) is 2.36. The van der Waals surface area contributed by atoms with E-state index < -0.39 is 5.60 Å². The molecule has 0 aromatic rings. The molecular formula is C18H32O. The molecule has 0 amide bonds. The van der Waals surface area contributed by atoms with E-state index in [-0.39, 0.29) is 0 Å². The van der Waals surface area contributed by atoms with Gasteiger partial charge >= 0.3 is 0 Å². The lowest BCUT2D eigenvalue weighted by atomic mass is 9.73. The zero-order chi connectivity index (χ0) is 14.3. The summed E-state index contributed by atoms with van der Waals surface area (Å²) in [6, 6.07) is 0. The molecule has 1 rings (SSSR count). The molecule has 1 aliphatic rings. The Bertz CT molecular complexity index is 327. The van der Waals surface area contributed by atoms with Crippen LogP contribution in [0.2, 0.25) is 0 Å². The van der Waals surface area contributed by atoms with Crippen LogP contribution < -0.4 is 0 Å². The minimum Gasteiger partial charge on any atom is -0.385 e. The first-order valence-electron chi connectivity index (χ1n) is 8.26. The monoisotopic (exact) mass is 264 g/mol. The minimum absolute atomic E-state index is 0.319. The number of hydrogen-bond donors (Lipinski definition) is 1. The first-order chi connectivity index (χ1) is 9.11. The van der Waals surface area contributed by atoms with Crippen LogP contribution in [0.3, 0.4) is 0 Å². The van der Waals surface area contributed by atoms with E-state index in [1.165, 1.54) is 17.6 Å². The Morgan fingerprint density at radius 1 is 0.947 bits per heavy atom. The topological polar surface area (TPSA) is 20.2 Å². The Morgan fingerprint density at radius 2 is 1.58 bits per heavy atom. The second kappa shape index (κ2) is 7.89. The normalized spacial score (nSPS) is 27.1. The smallest absolute Gasteiger partial charge is 0.0895 e. The van der Waals surface area contributed by atoms with Crippen LogP contribution in [-0.4, -0.2) is 10.7 Å². The third-order valence-corrected chi connectivity index (χ3v) is 4.17. The Morgan fingerprint density at radius 3 is 2.11 bits per heavy atom. The Balaban J connectivity index is 3.03. The van der Waals surface area contributed by atoms with Gasteiger partial charge < -0.3 is 5.11 Å². The maximum Gasteiger partial charge on any atom is 0.0895 e. The van der Waals surface area contributed by atoms with E-state index in [0.29, 0.717) is 5.92 Å². The lowest BCUT2D eigenvalue weighted by Gasteiger charge is -2.37. The summed E-state index contributed by atoms with van der Waals surface area (Å²) >= 11 is 0. The molecule has 2 atom stereocenters. The lowest BCUT2D eigenvalue weighted by molar-refractivity contribution is 0.0315. The molecule has 0 radical (unpaired) electrons. The molecule has 1 aliphatic carbocycles. The van der Waals surface area contributed by atoms with Gasteiger partial charge in [-0.25, -0.2) is 0 Å². The summed E-state index contributed by atoms with van der Waals surface area (Å²) in [5.41, 5.74) is 2.32. The van der Waals surface area contributed by atoms with Gasteiger partial charge in [0.05, 0.1) is 5.60 Å². The third-order valence-electron chi connectivity index (χ3n) is 4.17. The highest BCUT2D eigenvalue weighted by molar-refractivity contribution is 5.39. The van der Waals surface area contributed by atoms with E-state index in [1.807, 2.05) is 0 Å². The molecule has 1 nitrogen and oxygen atoms in total. The number of allylic oxidation sites excluding steroid dienone is 2. The number of aliphatic hydroxyl groups is 1. The van der Waals surface area contributed by atoms with Gasteiger partial charge in [-0.15, -0.1) is 0 Å². The summed E-state index contributed by atoms with van der Waals surface area (Å²) in [5, 5.41) is 11.0. The van der Waals surface area contributed by atoms with E-state index in [1.54, 1.807) is 0 Å². The molecule has 110 valence electrons. The van der Waals surface area contributed by atoms with E-state index >= 15 is 0 Å². The minimum atomic E-state index is -0.591. The summed E-state index contributed by atoms with van der Waals surface area (Å²) in [6.45, 7) is 8.85. The van der Waals surface area contributed by atoms with Crippen molar-refractivity contribution in [1.82, 2.24) is 0 Å². The Kier molecular flexibility index (Phi) is 6.85. The zero-order valence-electron chi connectivity index (χ0n) is 13.3. The van der Waals surface area contributed by atoms with E-state index in [2.05, 4.69) is 39.8 Å². The molecule has 0 aromatic heterocycles. The van der Waals surface area contributed by atoms with Crippen LogP contribution in [0.5, 0.6) is 0 Å². The highest BCUT2D eigenvalue weighted by Gasteiger charge is 2.35. The van der Waals surface area contributed by atoms with Crippen molar-refractivity contribution < 1.29 is 5.11 Å². The maximum absolute atomic E-state index is 11.0. The second-order valence-electron chi connectivity index (χ2n) is 6.00. The summed E-state index contributed by atoms with van der Waals surface area (Å²) in [6.07, 6.45) is 13.4. The molecule has 2 unspecified atom stereocenters. The first-order valence-corrected chi connectivity index (χ1v) is 8.26. The molecule has 0 aliphatic heterocycles. The van der Waals surface area contributed by atoms with Gasteiger partial charge in [0.15, 0.2) is 0 Å². The van der Waals surface area contributed by atoms with Crippen LogP contribution in [-0.2, 0) is 0 Å². The van der Waals surface area contributed by atoms with Gasteiger partial charge in [-0.2, -0.15) is 0 Å². The fourth-order valence-electron chi connectivity index (χ4n) is 3.31. The summed E-state index contributed by atoms with van der Waals surface area (Å²) in [4.78, 5) is 0. The van der Waals surface area contributed by atoms with Gasteiger partial charge in [0.2, 0.25) is 0 Å². The highest BCUT2D eigenvalue weighted by atomic mass is 16.3. The second-order valence-corrected chi connectivity index (χ2v) is 6.00. The molecule has 0 bridgehead atoms. The van der Waals surface area contributed by atoms with Crippen LogP contribution in [0.4, 0.5) is 0 Å². The van der Waals surface area contributed by atoms with E-state index in [4.69, 9.17) is 0 Å².